The third-order valence-electron chi connectivity index (χ3n) is 5.34. The molecular formula is C15H25NO5. The standard InChI is InChI=1S/C15H25NO5/c1-16(13-10-20-9-12(13)14(17)18)11-2-5-21-15(8-11)3-6-19-7-4-15/h11-13H,2-10H2,1H3,(H,17,18). The molecule has 21 heavy (non-hydrogen) atoms. The van der Waals surface area contributed by atoms with Gasteiger partial charge in [-0.3, -0.25) is 9.69 Å². The minimum Gasteiger partial charge on any atom is -0.481 e. The summed E-state index contributed by atoms with van der Waals surface area (Å²) in [4.78, 5) is 13.6. The molecule has 3 saturated heterocycles. The topological polar surface area (TPSA) is 68.2 Å². The van der Waals surface area contributed by atoms with Crippen molar-refractivity contribution in [2.24, 2.45) is 5.92 Å². The Morgan fingerprint density at radius 2 is 1.95 bits per heavy atom. The van der Waals surface area contributed by atoms with E-state index in [1.165, 1.54) is 0 Å². The van der Waals surface area contributed by atoms with Crippen molar-refractivity contribution >= 4 is 5.97 Å². The van der Waals surface area contributed by atoms with Gasteiger partial charge in [0.2, 0.25) is 0 Å². The van der Waals surface area contributed by atoms with Gasteiger partial charge in [0, 0.05) is 31.9 Å². The molecule has 0 amide bonds. The molecule has 6 heteroatoms. The maximum absolute atomic E-state index is 11.3. The highest BCUT2D eigenvalue weighted by molar-refractivity contribution is 5.71. The van der Waals surface area contributed by atoms with Gasteiger partial charge in [-0.05, 0) is 32.7 Å². The van der Waals surface area contributed by atoms with E-state index >= 15 is 0 Å². The maximum Gasteiger partial charge on any atom is 0.310 e. The molecule has 0 aromatic carbocycles. The van der Waals surface area contributed by atoms with Crippen molar-refractivity contribution in [1.82, 2.24) is 4.90 Å². The Labute approximate surface area is 125 Å². The average molecular weight is 299 g/mol. The summed E-state index contributed by atoms with van der Waals surface area (Å²) in [7, 11) is 2.04. The first-order valence-electron chi connectivity index (χ1n) is 7.85. The maximum atomic E-state index is 11.3. The molecule has 3 heterocycles. The highest BCUT2D eigenvalue weighted by atomic mass is 16.5. The lowest BCUT2D eigenvalue weighted by atomic mass is 9.83. The van der Waals surface area contributed by atoms with Crippen LogP contribution in [0, 0.1) is 5.92 Å². The molecule has 0 saturated carbocycles. The van der Waals surface area contributed by atoms with Crippen LogP contribution in [-0.2, 0) is 19.0 Å². The van der Waals surface area contributed by atoms with Crippen LogP contribution in [0.3, 0.4) is 0 Å². The first-order valence-corrected chi connectivity index (χ1v) is 7.85. The summed E-state index contributed by atoms with van der Waals surface area (Å²) in [5, 5.41) is 9.33. The normalized spacial score (nSPS) is 36.2. The molecule has 6 nitrogen and oxygen atoms in total. The fourth-order valence-electron chi connectivity index (χ4n) is 3.89. The number of ether oxygens (including phenoxy) is 3. The Morgan fingerprint density at radius 3 is 2.67 bits per heavy atom. The van der Waals surface area contributed by atoms with E-state index in [0.29, 0.717) is 19.3 Å². The molecule has 1 N–H and O–H groups in total. The fraction of sp³-hybridized carbons (Fsp3) is 0.933. The Morgan fingerprint density at radius 1 is 1.19 bits per heavy atom. The first-order chi connectivity index (χ1) is 10.1. The van der Waals surface area contributed by atoms with E-state index in [0.717, 1.165) is 45.5 Å². The number of hydrogen-bond donors (Lipinski definition) is 1. The predicted octanol–water partition coefficient (Wildman–Crippen LogP) is 0.746. The Bertz CT molecular complexity index is 377. The first kappa shape index (κ1) is 15.2. The number of carboxylic acid groups (broad SMARTS) is 1. The fourth-order valence-corrected chi connectivity index (χ4v) is 3.89. The Balaban J connectivity index is 1.66. The van der Waals surface area contributed by atoms with Crippen LogP contribution in [0.1, 0.15) is 25.7 Å². The molecule has 3 atom stereocenters. The number of carbonyl (C=O) groups is 1. The number of carboxylic acids is 1. The van der Waals surface area contributed by atoms with Crippen LogP contribution in [0.25, 0.3) is 0 Å². The molecule has 3 fully saturated rings. The lowest BCUT2D eigenvalue weighted by molar-refractivity contribution is -0.155. The van der Waals surface area contributed by atoms with Gasteiger partial charge in [-0.15, -0.1) is 0 Å². The SMILES string of the molecule is CN(C1CCOC2(CCOCC2)C1)C1COCC1C(=O)O. The van der Waals surface area contributed by atoms with Gasteiger partial charge < -0.3 is 19.3 Å². The second kappa shape index (κ2) is 6.20. The van der Waals surface area contributed by atoms with E-state index in [4.69, 9.17) is 14.2 Å². The van der Waals surface area contributed by atoms with Crippen molar-refractivity contribution in [3.8, 4) is 0 Å². The number of nitrogens with zero attached hydrogens (tertiary/aromatic N) is 1. The van der Waals surface area contributed by atoms with Crippen molar-refractivity contribution in [1.29, 1.82) is 0 Å². The lowest BCUT2D eigenvalue weighted by Crippen LogP contribution is -2.54. The average Bonchev–Trinajstić information content (AvgIpc) is 2.97. The third-order valence-corrected chi connectivity index (χ3v) is 5.34. The van der Waals surface area contributed by atoms with Crippen LogP contribution in [0.5, 0.6) is 0 Å². The monoisotopic (exact) mass is 299 g/mol. The summed E-state index contributed by atoms with van der Waals surface area (Å²) >= 11 is 0. The van der Waals surface area contributed by atoms with E-state index in [2.05, 4.69) is 4.90 Å². The van der Waals surface area contributed by atoms with E-state index in [1.54, 1.807) is 0 Å². The van der Waals surface area contributed by atoms with Gasteiger partial charge >= 0.3 is 5.97 Å². The molecule has 0 aliphatic carbocycles. The van der Waals surface area contributed by atoms with Crippen LogP contribution in [0.15, 0.2) is 0 Å². The van der Waals surface area contributed by atoms with Crippen molar-refractivity contribution in [2.75, 3.05) is 40.1 Å². The Kier molecular flexibility index (Phi) is 4.49. The van der Waals surface area contributed by atoms with Crippen LogP contribution in [0.2, 0.25) is 0 Å². The van der Waals surface area contributed by atoms with Gasteiger partial charge in [0.05, 0.1) is 24.7 Å². The summed E-state index contributed by atoms with van der Waals surface area (Å²) in [5.74, 6) is -1.17. The van der Waals surface area contributed by atoms with Crippen molar-refractivity contribution in [2.45, 2.75) is 43.4 Å². The van der Waals surface area contributed by atoms with Gasteiger partial charge in [0.15, 0.2) is 0 Å². The molecule has 0 aromatic rings. The summed E-state index contributed by atoms with van der Waals surface area (Å²) in [5.41, 5.74) is -0.0619. The minimum absolute atomic E-state index is 0.0255. The molecule has 0 bridgehead atoms. The van der Waals surface area contributed by atoms with Crippen LogP contribution in [-0.4, -0.2) is 73.7 Å². The highest BCUT2D eigenvalue weighted by Gasteiger charge is 2.44. The van der Waals surface area contributed by atoms with E-state index in [9.17, 15) is 9.90 Å². The van der Waals surface area contributed by atoms with Crippen LogP contribution in [0.4, 0.5) is 0 Å². The number of hydrogen-bond acceptors (Lipinski definition) is 5. The Hall–Kier alpha value is -0.690. The van der Waals surface area contributed by atoms with Crippen molar-refractivity contribution < 1.29 is 24.1 Å². The minimum atomic E-state index is -0.753. The van der Waals surface area contributed by atoms with Gasteiger partial charge in [-0.1, -0.05) is 0 Å². The number of likely N-dealkylation sites (N-methyl/N-ethyl adjacent to an activating group) is 1. The van der Waals surface area contributed by atoms with E-state index in [1.807, 2.05) is 7.05 Å². The summed E-state index contributed by atoms with van der Waals surface area (Å²) in [6, 6.07) is 0.341. The molecular weight excluding hydrogens is 274 g/mol. The summed E-state index contributed by atoms with van der Waals surface area (Å²) in [6.07, 6.45) is 3.82. The van der Waals surface area contributed by atoms with Gasteiger partial charge in [0.1, 0.15) is 0 Å². The van der Waals surface area contributed by atoms with Gasteiger partial charge in [-0.2, -0.15) is 0 Å². The van der Waals surface area contributed by atoms with Gasteiger partial charge in [-0.25, -0.2) is 0 Å². The molecule has 1 spiro atoms. The van der Waals surface area contributed by atoms with Crippen molar-refractivity contribution in [3.63, 3.8) is 0 Å². The molecule has 3 rings (SSSR count). The zero-order chi connectivity index (χ0) is 14.9. The molecule has 0 radical (unpaired) electrons. The third kappa shape index (κ3) is 3.08. The van der Waals surface area contributed by atoms with Crippen molar-refractivity contribution in [3.05, 3.63) is 0 Å². The quantitative estimate of drug-likeness (QED) is 0.829. The van der Waals surface area contributed by atoms with Crippen LogP contribution >= 0.6 is 0 Å². The smallest absolute Gasteiger partial charge is 0.310 e. The molecule has 120 valence electrons. The zero-order valence-corrected chi connectivity index (χ0v) is 12.6. The number of rotatable bonds is 3. The van der Waals surface area contributed by atoms with Gasteiger partial charge in [0.25, 0.3) is 0 Å². The lowest BCUT2D eigenvalue weighted by Gasteiger charge is -2.47. The van der Waals surface area contributed by atoms with Crippen LogP contribution < -0.4 is 0 Å². The second-order valence-electron chi connectivity index (χ2n) is 6.51. The zero-order valence-electron chi connectivity index (χ0n) is 12.6. The summed E-state index contributed by atoms with van der Waals surface area (Å²) < 4.78 is 16.9. The number of aliphatic carboxylic acids is 1. The second-order valence-corrected chi connectivity index (χ2v) is 6.51. The van der Waals surface area contributed by atoms with E-state index < -0.39 is 11.9 Å². The molecule has 3 unspecified atom stereocenters. The van der Waals surface area contributed by atoms with E-state index in [-0.39, 0.29) is 11.6 Å². The molecule has 3 aliphatic rings. The highest BCUT2D eigenvalue weighted by Crippen LogP contribution is 2.37. The largest absolute Gasteiger partial charge is 0.481 e. The predicted molar refractivity (Wildman–Crippen MR) is 75.3 cm³/mol. The molecule has 3 aliphatic heterocycles. The summed E-state index contributed by atoms with van der Waals surface area (Å²) in [6.45, 7) is 3.12. The molecule has 0 aromatic heterocycles.